The number of hydrogen-bond donors (Lipinski definition) is 4. The zero-order valence-corrected chi connectivity index (χ0v) is 20.0. The van der Waals surface area contributed by atoms with Gasteiger partial charge < -0.3 is 30.9 Å². The minimum atomic E-state index is -1.51. The molecule has 5 N–H and O–H groups in total. The van der Waals surface area contributed by atoms with Crippen molar-refractivity contribution in [3.8, 4) is 0 Å². The fourth-order valence-electron chi connectivity index (χ4n) is 3.40. The summed E-state index contributed by atoms with van der Waals surface area (Å²) in [5.74, 6) is -3.76. The molecule has 0 radical (unpaired) electrons. The molecule has 2 aromatic carbocycles. The summed E-state index contributed by atoms with van der Waals surface area (Å²) >= 11 is 0. The van der Waals surface area contributed by atoms with Crippen LogP contribution in [0.25, 0.3) is 0 Å². The van der Waals surface area contributed by atoms with Crippen LogP contribution in [0.3, 0.4) is 0 Å². The predicted octanol–water partition coefficient (Wildman–Crippen LogP) is 0.889. The van der Waals surface area contributed by atoms with Crippen molar-refractivity contribution in [2.45, 2.75) is 38.0 Å². The van der Waals surface area contributed by atoms with Gasteiger partial charge in [0.1, 0.15) is 18.7 Å². The molecule has 198 valence electrons. The summed E-state index contributed by atoms with van der Waals surface area (Å²) < 4.78 is 9.99. The van der Waals surface area contributed by atoms with Gasteiger partial charge in [-0.3, -0.25) is 24.5 Å². The summed E-state index contributed by atoms with van der Waals surface area (Å²) in [5, 5.41) is 25.2. The van der Waals surface area contributed by atoms with Gasteiger partial charge in [0, 0.05) is 18.1 Å². The lowest BCUT2D eigenvalue weighted by molar-refractivity contribution is -0.384. The van der Waals surface area contributed by atoms with E-state index in [9.17, 15) is 34.4 Å². The van der Waals surface area contributed by atoms with E-state index in [-0.39, 0.29) is 18.9 Å². The Bertz CT molecular complexity index is 1090. The number of rotatable bonds is 13. The van der Waals surface area contributed by atoms with E-state index in [2.05, 4.69) is 10.6 Å². The summed E-state index contributed by atoms with van der Waals surface area (Å²) in [7, 11) is 0. The quantitative estimate of drug-likeness (QED) is 0.169. The first-order valence-electron chi connectivity index (χ1n) is 11.2. The van der Waals surface area contributed by atoms with Crippen LogP contribution in [-0.4, -0.2) is 59.2 Å². The number of aliphatic hydroxyl groups excluding tert-OH is 1. The van der Waals surface area contributed by atoms with E-state index in [0.717, 1.165) is 0 Å². The molecule has 0 bridgehead atoms. The molecule has 0 aromatic heterocycles. The molecule has 0 saturated heterocycles. The molecule has 0 aliphatic heterocycles. The Labute approximate surface area is 212 Å². The number of ether oxygens (including phenoxy) is 2. The molecular weight excluding hydrogens is 488 g/mol. The number of nitrogens with one attached hydrogen (secondary N) is 2. The number of aliphatic hydroxyl groups is 1. The van der Waals surface area contributed by atoms with Crippen molar-refractivity contribution in [2.24, 2.45) is 5.73 Å². The topological polar surface area (TPSA) is 200 Å². The van der Waals surface area contributed by atoms with Crippen molar-refractivity contribution in [2.75, 3.05) is 13.2 Å². The molecule has 2 rings (SSSR count). The van der Waals surface area contributed by atoms with Gasteiger partial charge in [-0.15, -0.1) is 0 Å². The minimum Gasteiger partial charge on any atom is -0.466 e. The van der Waals surface area contributed by atoms with E-state index in [4.69, 9.17) is 15.2 Å². The average Bonchev–Trinajstić information content (AvgIpc) is 2.88. The molecule has 3 atom stereocenters. The number of benzene rings is 2. The van der Waals surface area contributed by atoms with Crippen LogP contribution >= 0.6 is 0 Å². The highest BCUT2D eigenvalue weighted by molar-refractivity contribution is 5.91. The van der Waals surface area contributed by atoms with Crippen LogP contribution in [0.4, 0.5) is 10.5 Å². The highest BCUT2D eigenvalue weighted by atomic mass is 16.6. The molecule has 0 spiro atoms. The van der Waals surface area contributed by atoms with Gasteiger partial charge in [0.25, 0.3) is 5.69 Å². The van der Waals surface area contributed by atoms with Gasteiger partial charge in [0.2, 0.25) is 11.8 Å². The number of nitrogens with zero attached hydrogens (tertiary/aromatic N) is 1. The SMILES string of the molecule is CCOC(=O)C[C@H](c1ccc([N+](=O)[O-])cc1)[C@H](NC(=O)[C@H](CO)NC(=O)OCc1ccccc1)C(N)=O. The van der Waals surface area contributed by atoms with Crippen molar-refractivity contribution < 1.29 is 38.7 Å². The largest absolute Gasteiger partial charge is 0.466 e. The number of esters is 1. The van der Waals surface area contributed by atoms with Crippen molar-refractivity contribution in [1.82, 2.24) is 10.6 Å². The number of nitro benzene ring substituents is 1. The molecule has 0 fully saturated rings. The second-order valence-electron chi connectivity index (χ2n) is 7.79. The fraction of sp³-hybridized carbons (Fsp3) is 0.333. The van der Waals surface area contributed by atoms with Crippen molar-refractivity contribution in [3.05, 3.63) is 75.8 Å². The van der Waals surface area contributed by atoms with Crippen molar-refractivity contribution >= 4 is 29.6 Å². The Balaban J connectivity index is 2.18. The number of nitrogens with two attached hydrogens (primary N) is 1. The van der Waals surface area contributed by atoms with Gasteiger partial charge in [0.15, 0.2) is 0 Å². The number of alkyl carbamates (subject to hydrolysis) is 1. The van der Waals surface area contributed by atoms with Crippen LogP contribution in [0.5, 0.6) is 0 Å². The minimum absolute atomic E-state index is 0.0566. The predicted molar refractivity (Wildman–Crippen MR) is 129 cm³/mol. The molecule has 13 heteroatoms. The molecule has 2 aromatic rings. The second-order valence-corrected chi connectivity index (χ2v) is 7.79. The highest BCUT2D eigenvalue weighted by Gasteiger charge is 2.34. The summed E-state index contributed by atoms with van der Waals surface area (Å²) in [4.78, 5) is 59.9. The first-order chi connectivity index (χ1) is 17.7. The Morgan fingerprint density at radius 1 is 1.03 bits per heavy atom. The van der Waals surface area contributed by atoms with E-state index >= 15 is 0 Å². The normalized spacial score (nSPS) is 12.9. The number of carbonyl (C=O) groups excluding carboxylic acids is 4. The van der Waals surface area contributed by atoms with Gasteiger partial charge >= 0.3 is 12.1 Å². The number of primary amides is 1. The number of amides is 3. The average molecular weight is 517 g/mol. The summed E-state index contributed by atoms with van der Waals surface area (Å²) in [6.07, 6.45) is -1.39. The van der Waals surface area contributed by atoms with Crippen LogP contribution < -0.4 is 16.4 Å². The Morgan fingerprint density at radius 3 is 2.22 bits per heavy atom. The summed E-state index contributed by atoms with van der Waals surface area (Å²) in [6.45, 7) is 0.720. The van der Waals surface area contributed by atoms with E-state index in [1.54, 1.807) is 37.3 Å². The van der Waals surface area contributed by atoms with E-state index in [0.29, 0.717) is 11.1 Å². The number of nitro groups is 1. The smallest absolute Gasteiger partial charge is 0.408 e. The molecule has 0 aliphatic carbocycles. The van der Waals surface area contributed by atoms with Gasteiger partial charge in [0.05, 0.1) is 24.6 Å². The second kappa shape index (κ2) is 14.1. The zero-order chi connectivity index (χ0) is 27.4. The summed E-state index contributed by atoms with van der Waals surface area (Å²) in [6, 6.07) is 10.7. The van der Waals surface area contributed by atoms with Crippen LogP contribution in [0.1, 0.15) is 30.4 Å². The number of hydrogen-bond acceptors (Lipinski definition) is 9. The lowest BCUT2D eigenvalue weighted by Gasteiger charge is -2.27. The van der Waals surface area contributed by atoms with Crippen LogP contribution in [-0.2, 0) is 30.5 Å². The first-order valence-corrected chi connectivity index (χ1v) is 11.2. The third-order valence-corrected chi connectivity index (χ3v) is 5.23. The fourth-order valence-corrected chi connectivity index (χ4v) is 3.40. The highest BCUT2D eigenvalue weighted by Crippen LogP contribution is 2.26. The van der Waals surface area contributed by atoms with Crippen LogP contribution in [0.15, 0.2) is 54.6 Å². The Morgan fingerprint density at radius 2 is 1.68 bits per heavy atom. The van der Waals surface area contributed by atoms with E-state index in [1.807, 2.05) is 0 Å². The van der Waals surface area contributed by atoms with E-state index < -0.39 is 59.8 Å². The monoisotopic (exact) mass is 516 g/mol. The van der Waals surface area contributed by atoms with Crippen molar-refractivity contribution in [3.63, 3.8) is 0 Å². The molecule has 3 amide bonds. The lowest BCUT2D eigenvalue weighted by Crippen LogP contribution is -2.56. The Kier molecular flexibility index (Phi) is 11.0. The number of non-ortho nitro benzene ring substituents is 1. The van der Waals surface area contributed by atoms with Crippen LogP contribution in [0.2, 0.25) is 0 Å². The van der Waals surface area contributed by atoms with Crippen LogP contribution in [0, 0.1) is 10.1 Å². The van der Waals surface area contributed by atoms with E-state index in [1.165, 1.54) is 24.3 Å². The molecule has 37 heavy (non-hydrogen) atoms. The third-order valence-electron chi connectivity index (χ3n) is 5.23. The van der Waals surface area contributed by atoms with Crippen molar-refractivity contribution in [1.29, 1.82) is 0 Å². The summed E-state index contributed by atoms with van der Waals surface area (Å²) in [5.41, 5.74) is 6.28. The lowest BCUT2D eigenvalue weighted by atomic mass is 9.87. The molecule has 13 nitrogen and oxygen atoms in total. The maximum atomic E-state index is 12.8. The molecule has 0 unspecified atom stereocenters. The number of carbonyl (C=O) groups is 4. The standard InChI is InChI=1S/C24H28N4O9/c1-2-36-20(30)12-18(16-8-10-17(11-9-16)28(34)35)21(22(25)31)27-23(32)19(13-29)26-24(33)37-14-15-6-4-3-5-7-15/h3-11,18-19,21,29H,2,12-14H2,1H3,(H2,25,31)(H,26,33)(H,27,32)/t18-,19+,21+/m1/s1. The van der Waals surface area contributed by atoms with Gasteiger partial charge in [-0.25, -0.2) is 4.79 Å². The Hall–Kier alpha value is -4.52. The molecular formula is C24H28N4O9. The maximum absolute atomic E-state index is 12.8. The maximum Gasteiger partial charge on any atom is 0.408 e. The van der Waals surface area contributed by atoms with Gasteiger partial charge in [-0.1, -0.05) is 42.5 Å². The van der Waals surface area contributed by atoms with Gasteiger partial charge in [-0.2, -0.15) is 0 Å². The van der Waals surface area contributed by atoms with Gasteiger partial charge in [-0.05, 0) is 18.1 Å². The first kappa shape index (κ1) is 28.7. The zero-order valence-electron chi connectivity index (χ0n) is 20.0. The molecule has 0 saturated carbocycles. The third kappa shape index (κ3) is 8.89. The molecule has 0 aliphatic rings. The molecule has 0 heterocycles.